The summed E-state index contributed by atoms with van der Waals surface area (Å²) in [5, 5.41) is 7.80. The van der Waals surface area contributed by atoms with Gasteiger partial charge in [-0.3, -0.25) is 0 Å². The van der Waals surface area contributed by atoms with Crippen LogP contribution in [0.5, 0.6) is 0 Å². The zero-order valence-electron chi connectivity index (χ0n) is 9.61. The lowest BCUT2D eigenvalue weighted by Gasteiger charge is -2.15. The molecule has 4 nitrogen and oxygen atoms in total. The van der Waals surface area contributed by atoms with E-state index in [-0.39, 0.29) is 0 Å². The fourth-order valence-electron chi connectivity index (χ4n) is 1.86. The zero-order chi connectivity index (χ0) is 10.7. The van der Waals surface area contributed by atoms with Gasteiger partial charge in [-0.25, -0.2) is 9.67 Å². The summed E-state index contributed by atoms with van der Waals surface area (Å²) in [6, 6.07) is 1.24. The van der Waals surface area contributed by atoms with Crippen LogP contribution in [0, 0.1) is 0 Å². The third kappa shape index (κ3) is 2.56. The summed E-state index contributed by atoms with van der Waals surface area (Å²) < 4.78 is 2.08. The molecule has 2 rings (SSSR count). The van der Waals surface area contributed by atoms with Gasteiger partial charge < -0.3 is 5.32 Å². The molecule has 15 heavy (non-hydrogen) atoms. The van der Waals surface area contributed by atoms with Crippen LogP contribution in [0.3, 0.4) is 0 Å². The Kier molecular flexibility index (Phi) is 3.36. The highest BCUT2D eigenvalue weighted by atomic mass is 15.4. The molecular weight excluding hydrogens is 188 g/mol. The molecule has 1 fully saturated rings. The summed E-state index contributed by atoms with van der Waals surface area (Å²) >= 11 is 0. The Hall–Kier alpha value is -0.900. The summed E-state index contributed by atoms with van der Waals surface area (Å²) in [6.07, 6.45) is 6.55. The first-order chi connectivity index (χ1) is 7.35. The summed E-state index contributed by atoms with van der Waals surface area (Å²) in [4.78, 5) is 4.32. The smallest absolute Gasteiger partial charge is 0.141 e. The molecule has 1 aliphatic carbocycles. The second-order valence-electron chi connectivity index (χ2n) is 4.25. The molecule has 0 radical (unpaired) electrons. The Bertz CT molecular complexity index is 299. The average Bonchev–Trinajstić information content (AvgIpc) is 2.98. The maximum Gasteiger partial charge on any atom is 0.141 e. The largest absolute Gasteiger partial charge is 0.307 e. The predicted octanol–water partition coefficient (Wildman–Crippen LogP) is 1.89. The Morgan fingerprint density at radius 1 is 1.47 bits per heavy atom. The molecule has 0 amide bonds. The Balaban J connectivity index is 1.98. The van der Waals surface area contributed by atoms with E-state index < -0.39 is 0 Å². The number of nitrogens with one attached hydrogen (secondary N) is 1. The van der Waals surface area contributed by atoms with Crippen LogP contribution in [0.25, 0.3) is 0 Å². The van der Waals surface area contributed by atoms with Gasteiger partial charge in [0.2, 0.25) is 0 Å². The van der Waals surface area contributed by atoms with Gasteiger partial charge in [-0.1, -0.05) is 13.8 Å². The van der Waals surface area contributed by atoms with Crippen molar-refractivity contribution in [2.24, 2.45) is 0 Å². The lowest BCUT2D eigenvalue weighted by atomic mass is 10.2. The first-order valence-electron chi connectivity index (χ1n) is 5.96. The SMILES string of the molecule is CCC(CC)n1ncnc1CNC1CC1. The summed E-state index contributed by atoms with van der Waals surface area (Å²) in [5.41, 5.74) is 0. The summed E-state index contributed by atoms with van der Waals surface area (Å²) in [5.74, 6) is 1.08. The Labute approximate surface area is 91.1 Å². The van der Waals surface area contributed by atoms with Crippen molar-refractivity contribution in [1.29, 1.82) is 0 Å². The monoisotopic (exact) mass is 208 g/mol. The van der Waals surface area contributed by atoms with E-state index in [1.807, 2.05) is 0 Å². The maximum atomic E-state index is 4.32. The van der Waals surface area contributed by atoms with Crippen molar-refractivity contribution < 1.29 is 0 Å². The van der Waals surface area contributed by atoms with Gasteiger partial charge in [-0.2, -0.15) is 5.10 Å². The van der Waals surface area contributed by atoms with Crippen LogP contribution in [0.2, 0.25) is 0 Å². The normalized spacial score (nSPS) is 16.2. The molecule has 1 N–H and O–H groups in total. The van der Waals surface area contributed by atoms with E-state index in [9.17, 15) is 0 Å². The van der Waals surface area contributed by atoms with E-state index in [0.29, 0.717) is 6.04 Å². The molecular formula is C11H20N4. The van der Waals surface area contributed by atoms with Crippen molar-refractivity contribution in [3.8, 4) is 0 Å². The van der Waals surface area contributed by atoms with Crippen LogP contribution < -0.4 is 5.32 Å². The topological polar surface area (TPSA) is 42.7 Å². The van der Waals surface area contributed by atoms with Crippen molar-refractivity contribution in [1.82, 2.24) is 20.1 Å². The van der Waals surface area contributed by atoms with Gasteiger partial charge in [-0.05, 0) is 25.7 Å². The lowest BCUT2D eigenvalue weighted by Crippen LogP contribution is -2.21. The fourth-order valence-corrected chi connectivity index (χ4v) is 1.86. The van der Waals surface area contributed by atoms with Crippen LogP contribution in [0.4, 0.5) is 0 Å². The summed E-state index contributed by atoms with van der Waals surface area (Å²) in [7, 11) is 0. The molecule has 0 atom stereocenters. The molecule has 0 unspecified atom stereocenters. The number of nitrogens with zero attached hydrogens (tertiary/aromatic N) is 3. The quantitative estimate of drug-likeness (QED) is 0.776. The van der Waals surface area contributed by atoms with E-state index in [1.54, 1.807) is 6.33 Å². The minimum Gasteiger partial charge on any atom is -0.307 e. The lowest BCUT2D eigenvalue weighted by molar-refractivity contribution is 0.406. The molecule has 0 aromatic carbocycles. The number of hydrogen-bond donors (Lipinski definition) is 1. The summed E-state index contributed by atoms with van der Waals surface area (Å²) in [6.45, 7) is 5.27. The maximum absolute atomic E-state index is 4.32. The molecule has 0 saturated heterocycles. The van der Waals surface area contributed by atoms with E-state index in [2.05, 4.69) is 33.9 Å². The first-order valence-corrected chi connectivity index (χ1v) is 5.96. The standard InChI is InChI=1S/C11H20N4/c1-3-10(4-2)15-11(13-8-14-15)7-12-9-5-6-9/h8-10,12H,3-7H2,1-2H3. The van der Waals surface area contributed by atoms with Gasteiger partial charge in [0, 0.05) is 6.04 Å². The number of hydrogen-bond acceptors (Lipinski definition) is 3. The molecule has 1 aromatic heterocycles. The molecule has 0 spiro atoms. The van der Waals surface area contributed by atoms with E-state index in [1.165, 1.54) is 12.8 Å². The van der Waals surface area contributed by atoms with Crippen molar-refractivity contribution in [2.75, 3.05) is 0 Å². The van der Waals surface area contributed by atoms with Crippen LogP contribution in [0.1, 0.15) is 51.4 Å². The molecule has 4 heteroatoms. The van der Waals surface area contributed by atoms with Crippen molar-refractivity contribution in [3.05, 3.63) is 12.2 Å². The second kappa shape index (κ2) is 4.75. The highest BCUT2D eigenvalue weighted by Gasteiger charge is 2.21. The molecule has 0 aliphatic heterocycles. The molecule has 1 saturated carbocycles. The third-order valence-corrected chi connectivity index (χ3v) is 3.06. The van der Waals surface area contributed by atoms with Crippen molar-refractivity contribution in [2.45, 2.75) is 58.2 Å². The van der Waals surface area contributed by atoms with Crippen LogP contribution in [-0.4, -0.2) is 20.8 Å². The van der Waals surface area contributed by atoms with Gasteiger partial charge in [0.05, 0.1) is 12.6 Å². The van der Waals surface area contributed by atoms with E-state index >= 15 is 0 Å². The van der Waals surface area contributed by atoms with Gasteiger partial charge in [0.1, 0.15) is 12.2 Å². The Morgan fingerprint density at radius 2 is 2.20 bits per heavy atom. The van der Waals surface area contributed by atoms with Crippen molar-refractivity contribution >= 4 is 0 Å². The Morgan fingerprint density at radius 3 is 2.80 bits per heavy atom. The van der Waals surface area contributed by atoms with Crippen LogP contribution >= 0.6 is 0 Å². The second-order valence-corrected chi connectivity index (χ2v) is 4.25. The minimum absolute atomic E-state index is 0.503. The van der Waals surface area contributed by atoms with Crippen LogP contribution in [-0.2, 0) is 6.54 Å². The fraction of sp³-hybridized carbons (Fsp3) is 0.818. The average molecular weight is 208 g/mol. The number of rotatable bonds is 6. The minimum atomic E-state index is 0.503. The molecule has 0 bridgehead atoms. The van der Waals surface area contributed by atoms with Crippen molar-refractivity contribution in [3.63, 3.8) is 0 Å². The molecule has 1 aromatic rings. The number of aromatic nitrogens is 3. The predicted molar refractivity (Wildman–Crippen MR) is 59.5 cm³/mol. The first kappa shape index (κ1) is 10.6. The molecule has 84 valence electrons. The third-order valence-electron chi connectivity index (χ3n) is 3.06. The van der Waals surface area contributed by atoms with Gasteiger partial charge in [0.25, 0.3) is 0 Å². The molecule has 1 heterocycles. The highest BCUT2D eigenvalue weighted by molar-refractivity contribution is 4.90. The van der Waals surface area contributed by atoms with E-state index in [4.69, 9.17) is 0 Å². The van der Waals surface area contributed by atoms with E-state index in [0.717, 1.165) is 31.3 Å². The molecule has 1 aliphatic rings. The van der Waals surface area contributed by atoms with Gasteiger partial charge in [0.15, 0.2) is 0 Å². The zero-order valence-corrected chi connectivity index (χ0v) is 9.61. The van der Waals surface area contributed by atoms with Crippen LogP contribution in [0.15, 0.2) is 6.33 Å². The highest BCUT2D eigenvalue weighted by Crippen LogP contribution is 2.20. The van der Waals surface area contributed by atoms with Gasteiger partial charge >= 0.3 is 0 Å². The van der Waals surface area contributed by atoms with Gasteiger partial charge in [-0.15, -0.1) is 0 Å².